The summed E-state index contributed by atoms with van der Waals surface area (Å²) in [6.07, 6.45) is 2.59. The van der Waals surface area contributed by atoms with Crippen molar-refractivity contribution in [1.82, 2.24) is 4.90 Å². The molecule has 8 heteroatoms. The van der Waals surface area contributed by atoms with Gasteiger partial charge in [0.15, 0.2) is 0 Å². The topological polar surface area (TPSA) is 83.9 Å². The van der Waals surface area contributed by atoms with E-state index in [1.807, 2.05) is 6.92 Å². The SMILES string of the molecule is CCC[C@@H](C(=O)O)N1C(=O)/C(=C\c2ccc(C(=O)OC)cc2)SC1=S. The molecule has 1 N–H and O–H groups in total. The minimum Gasteiger partial charge on any atom is -0.480 e. The highest BCUT2D eigenvalue weighted by atomic mass is 32.2. The first-order valence-corrected chi connectivity index (χ1v) is 8.79. The first-order chi connectivity index (χ1) is 11.9. The average molecular weight is 379 g/mol. The number of carbonyl (C=O) groups excluding carboxylic acids is 2. The minimum atomic E-state index is -1.07. The number of nitrogens with zero attached hydrogens (tertiary/aromatic N) is 1. The second kappa shape index (κ2) is 8.26. The van der Waals surface area contributed by atoms with E-state index >= 15 is 0 Å². The highest BCUT2D eigenvalue weighted by Gasteiger charge is 2.39. The molecule has 0 radical (unpaired) electrons. The minimum absolute atomic E-state index is 0.239. The zero-order chi connectivity index (χ0) is 18.6. The molecule has 1 aliphatic rings. The number of carboxylic acid groups (broad SMARTS) is 1. The van der Waals surface area contributed by atoms with Crippen molar-refractivity contribution in [3.8, 4) is 0 Å². The monoisotopic (exact) mass is 379 g/mol. The van der Waals surface area contributed by atoms with E-state index in [0.717, 1.165) is 11.8 Å². The van der Waals surface area contributed by atoms with Crippen LogP contribution in [0.5, 0.6) is 0 Å². The number of benzene rings is 1. The summed E-state index contributed by atoms with van der Waals surface area (Å²) >= 11 is 6.27. The van der Waals surface area contributed by atoms with Crippen LogP contribution < -0.4 is 0 Å². The number of carboxylic acids is 1. The maximum Gasteiger partial charge on any atom is 0.337 e. The number of amides is 1. The van der Waals surface area contributed by atoms with E-state index in [0.29, 0.717) is 28.9 Å². The third-order valence-electron chi connectivity index (χ3n) is 3.61. The molecule has 1 amide bonds. The Morgan fingerprint density at radius 1 is 1.36 bits per heavy atom. The van der Waals surface area contributed by atoms with E-state index in [4.69, 9.17) is 12.2 Å². The van der Waals surface area contributed by atoms with Gasteiger partial charge in [0.25, 0.3) is 5.91 Å². The Bertz CT molecular complexity index is 742. The summed E-state index contributed by atoms with van der Waals surface area (Å²) < 4.78 is 4.87. The molecule has 0 aromatic heterocycles. The largest absolute Gasteiger partial charge is 0.480 e. The normalized spacial score (nSPS) is 17.0. The number of thioether (sulfide) groups is 1. The lowest BCUT2D eigenvalue weighted by Crippen LogP contribution is -2.43. The second-order valence-corrected chi connectivity index (χ2v) is 6.98. The Hall–Kier alpha value is -2.19. The Balaban J connectivity index is 2.24. The molecule has 6 nitrogen and oxygen atoms in total. The molecule has 1 saturated heterocycles. The summed E-state index contributed by atoms with van der Waals surface area (Å²) in [5.41, 5.74) is 1.11. The molecule has 2 rings (SSSR count). The fraction of sp³-hybridized carbons (Fsp3) is 0.294. The fourth-order valence-electron chi connectivity index (χ4n) is 2.37. The van der Waals surface area contributed by atoms with E-state index in [-0.39, 0.29) is 4.32 Å². The zero-order valence-corrected chi connectivity index (χ0v) is 15.4. The van der Waals surface area contributed by atoms with Crippen molar-refractivity contribution in [2.45, 2.75) is 25.8 Å². The van der Waals surface area contributed by atoms with Crippen LogP contribution in [-0.4, -0.2) is 45.3 Å². The summed E-state index contributed by atoms with van der Waals surface area (Å²) in [6, 6.07) is 5.59. The molecule has 1 fully saturated rings. The standard InChI is InChI=1S/C17H17NO5S2/c1-3-4-12(15(20)21)18-14(19)13(25-17(18)24)9-10-5-7-11(8-6-10)16(22)23-2/h5-9,12H,3-4H2,1-2H3,(H,20,21)/b13-9+/t12-/m0/s1. The van der Waals surface area contributed by atoms with Gasteiger partial charge >= 0.3 is 11.9 Å². The lowest BCUT2D eigenvalue weighted by atomic mass is 10.1. The van der Waals surface area contributed by atoms with Crippen LogP contribution in [0.3, 0.4) is 0 Å². The smallest absolute Gasteiger partial charge is 0.337 e. The summed E-state index contributed by atoms with van der Waals surface area (Å²) in [5, 5.41) is 9.36. The number of aliphatic carboxylic acids is 1. The van der Waals surface area contributed by atoms with Crippen LogP contribution in [-0.2, 0) is 14.3 Å². The first-order valence-electron chi connectivity index (χ1n) is 7.57. The lowest BCUT2D eigenvalue weighted by Gasteiger charge is -2.22. The van der Waals surface area contributed by atoms with E-state index in [1.165, 1.54) is 12.0 Å². The maximum atomic E-state index is 12.6. The van der Waals surface area contributed by atoms with Gasteiger partial charge in [-0.25, -0.2) is 9.59 Å². The maximum absolute atomic E-state index is 12.6. The van der Waals surface area contributed by atoms with Gasteiger partial charge in [-0.2, -0.15) is 0 Å². The molecule has 1 heterocycles. The number of methoxy groups -OCH3 is 1. The molecule has 1 aromatic carbocycles. The highest BCUT2D eigenvalue weighted by Crippen LogP contribution is 2.34. The van der Waals surface area contributed by atoms with Crippen LogP contribution in [0.15, 0.2) is 29.2 Å². The summed E-state index contributed by atoms with van der Waals surface area (Å²) in [7, 11) is 1.30. The summed E-state index contributed by atoms with van der Waals surface area (Å²) in [5.74, 6) is -1.92. The summed E-state index contributed by atoms with van der Waals surface area (Å²) in [6.45, 7) is 1.85. The van der Waals surface area contributed by atoms with Crippen molar-refractivity contribution in [3.05, 3.63) is 40.3 Å². The Kier molecular flexibility index (Phi) is 6.33. The molecule has 0 spiro atoms. The quantitative estimate of drug-likeness (QED) is 0.462. The van der Waals surface area contributed by atoms with Gasteiger partial charge in [0.2, 0.25) is 0 Å². The van der Waals surface area contributed by atoms with Crippen LogP contribution in [0, 0.1) is 0 Å². The predicted molar refractivity (Wildman–Crippen MR) is 99.1 cm³/mol. The van der Waals surface area contributed by atoms with E-state index in [2.05, 4.69) is 4.74 Å². The second-order valence-electron chi connectivity index (χ2n) is 5.31. The van der Waals surface area contributed by atoms with E-state index in [9.17, 15) is 19.5 Å². The van der Waals surface area contributed by atoms with Crippen molar-refractivity contribution >= 4 is 52.2 Å². The molecule has 1 aromatic rings. The van der Waals surface area contributed by atoms with Crippen molar-refractivity contribution in [2.24, 2.45) is 0 Å². The number of hydrogen-bond donors (Lipinski definition) is 1. The number of carbonyl (C=O) groups is 3. The molecule has 0 aliphatic carbocycles. The molecular weight excluding hydrogens is 362 g/mol. The van der Waals surface area contributed by atoms with Crippen LogP contribution in [0.2, 0.25) is 0 Å². The van der Waals surface area contributed by atoms with Crippen LogP contribution in [0.4, 0.5) is 0 Å². The van der Waals surface area contributed by atoms with Gasteiger partial charge < -0.3 is 9.84 Å². The molecule has 0 unspecified atom stereocenters. The summed E-state index contributed by atoms with van der Waals surface area (Å²) in [4.78, 5) is 37.0. The van der Waals surface area contributed by atoms with Crippen molar-refractivity contribution in [1.29, 1.82) is 0 Å². The Morgan fingerprint density at radius 2 is 2.00 bits per heavy atom. The predicted octanol–water partition coefficient (Wildman–Crippen LogP) is 2.93. The molecule has 0 bridgehead atoms. The molecular formula is C17H17NO5S2. The van der Waals surface area contributed by atoms with Crippen LogP contribution in [0.25, 0.3) is 6.08 Å². The van der Waals surface area contributed by atoms with Gasteiger partial charge in [-0.3, -0.25) is 9.69 Å². The third kappa shape index (κ3) is 4.26. The van der Waals surface area contributed by atoms with Crippen molar-refractivity contribution < 1.29 is 24.2 Å². The molecule has 25 heavy (non-hydrogen) atoms. The number of rotatable bonds is 6. The van der Waals surface area contributed by atoms with E-state index in [1.54, 1.807) is 30.3 Å². The van der Waals surface area contributed by atoms with Gasteiger partial charge in [0, 0.05) is 0 Å². The number of ether oxygens (including phenoxy) is 1. The average Bonchev–Trinajstić information content (AvgIpc) is 2.86. The third-order valence-corrected chi connectivity index (χ3v) is 4.94. The lowest BCUT2D eigenvalue weighted by molar-refractivity contribution is -0.145. The van der Waals surface area contributed by atoms with Gasteiger partial charge in [-0.15, -0.1) is 0 Å². The Labute approximate surface area is 154 Å². The highest BCUT2D eigenvalue weighted by molar-refractivity contribution is 8.26. The van der Waals surface area contributed by atoms with Gasteiger partial charge in [0.1, 0.15) is 10.4 Å². The van der Waals surface area contributed by atoms with Gasteiger partial charge in [-0.05, 0) is 30.2 Å². The van der Waals surface area contributed by atoms with E-state index < -0.39 is 23.9 Å². The molecule has 132 valence electrons. The van der Waals surface area contributed by atoms with Gasteiger partial charge in [0.05, 0.1) is 17.6 Å². The van der Waals surface area contributed by atoms with Crippen molar-refractivity contribution in [3.63, 3.8) is 0 Å². The fourth-order valence-corrected chi connectivity index (χ4v) is 3.73. The molecule has 1 aliphatic heterocycles. The van der Waals surface area contributed by atoms with Crippen LogP contribution in [0.1, 0.15) is 35.7 Å². The first kappa shape index (κ1) is 19.1. The van der Waals surface area contributed by atoms with Crippen LogP contribution >= 0.6 is 24.0 Å². The number of hydrogen-bond acceptors (Lipinski definition) is 6. The van der Waals surface area contributed by atoms with Gasteiger partial charge in [-0.1, -0.05) is 49.5 Å². The number of thiocarbonyl (C=S) groups is 1. The number of esters is 1. The zero-order valence-electron chi connectivity index (χ0n) is 13.7. The molecule has 0 saturated carbocycles. The Morgan fingerprint density at radius 3 is 2.52 bits per heavy atom. The van der Waals surface area contributed by atoms with Crippen molar-refractivity contribution in [2.75, 3.05) is 7.11 Å². The molecule has 1 atom stereocenters.